The first-order chi connectivity index (χ1) is 16.3. The zero-order valence-corrected chi connectivity index (χ0v) is 19.8. The van der Waals surface area contributed by atoms with Gasteiger partial charge in [0.05, 0.1) is 23.0 Å². The minimum absolute atomic E-state index is 0.0712. The minimum atomic E-state index is -4.03. The number of hydrogen-bond acceptors (Lipinski definition) is 5. The van der Waals surface area contributed by atoms with E-state index >= 15 is 0 Å². The number of methoxy groups -OCH3 is 1. The Labute approximate surface area is 197 Å². The lowest BCUT2D eigenvalue weighted by molar-refractivity contribution is 0.0595. The molecule has 2 aromatic heterocycles. The number of carbonyl (C=O) groups excluding carboxylic acids is 1. The number of aromatic nitrogens is 2. The predicted molar refractivity (Wildman–Crippen MR) is 133 cm³/mol. The molecule has 0 aliphatic heterocycles. The topological polar surface area (TPSA) is 78.3 Å². The first-order valence-corrected chi connectivity index (χ1v) is 12.2. The van der Waals surface area contributed by atoms with Crippen molar-refractivity contribution in [2.45, 2.75) is 18.7 Å². The van der Waals surface area contributed by atoms with Crippen molar-refractivity contribution in [2.75, 3.05) is 7.11 Å². The van der Waals surface area contributed by atoms with Crippen molar-refractivity contribution in [3.8, 4) is 11.1 Å². The lowest BCUT2D eigenvalue weighted by Gasteiger charge is -2.15. The van der Waals surface area contributed by atoms with E-state index in [9.17, 15) is 13.2 Å². The average Bonchev–Trinajstić information content (AvgIpc) is 3.20. The van der Waals surface area contributed by atoms with Crippen LogP contribution in [0.4, 0.5) is 0 Å². The summed E-state index contributed by atoms with van der Waals surface area (Å²) in [5, 5.41) is 1.42. The maximum absolute atomic E-state index is 14.1. The summed E-state index contributed by atoms with van der Waals surface area (Å²) < 4.78 is 34.6. The van der Waals surface area contributed by atoms with Gasteiger partial charge < -0.3 is 4.74 Å². The molecular formula is C27H22N2O4S. The normalized spacial score (nSPS) is 11.7. The molecule has 0 spiro atoms. The fraction of sp³-hybridized carbons (Fsp3) is 0.111. The molecule has 6 nitrogen and oxygen atoms in total. The molecule has 170 valence electrons. The Bertz CT molecular complexity index is 1670. The third-order valence-electron chi connectivity index (χ3n) is 5.95. The van der Waals surface area contributed by atoms with Crippen LogP contribution < -0.4 is 0 Å². The summed E-state index contributed by atoms with van der Waals surface area (Å²) in [6.07, 6.45) is 0. The van der Waals surface area contributed by atoms with Crippen molar-refractivity contribution in [1.82, 2.24) is 8.96 Å². The molecule has 7 heteroatoms. The van der Waals surface area contributed by atoms with Crippen LogP contribution in [0, 0.1) is 13.8 Å². The summed E-state index contributed by atoms with van der Waals surface area (Å²) in [7, 11) is -2.74. The van der Waals surface area contributed by atoms with Crippen molar-refractivity contribution in [2.24, 2.45) is 0 Å². The van der Waals surface area contributed by atoms with Gasteiger partial charge in [-0.3, -0.25) is 0 Å². The Balaban J connectivity index is 2.05. The largest absolute Gasteiger partial charge is 0.464 e. The van der Waals surface area contributed by atoms with Crippen molar-refractivity contribution < 1.29 is 17.9 Å². The van der Waals surface area contributed by atoms with E-state index in [0.717, 1.165) is 10.9 Å². The summed E-state index contributed by atoms with van der Waals surface area (Å²) in [5.41, 5.74) is 3.58. The number of nitrogens with zero attached hydrogens (tertiary/aromatic N) is 2. The van der Waals surface area contributed by atoms with Crippen LogP contribution >= 0.6 is 0 Å². The number of para-hydroxylation sites is 1. The Morgan fingerprint density at radius 2 is 1.53 bits per heavy atom. The van der Waals surface area contributed by atoms with Crippen molar-refractivity contribution >= 4 is 37.8 Å². The molecule has 0 fully saturated rings. The van der Waals surface area contributed by atoms with Gasteiger partial charge in [-0.2, -0.15) is 0 Å². The highest BCUT2D eigenvalue weighted by Crippen LogP contribution is 2.41. The molecular weight excluding hydrogens is 448 g/mol. The predicted octanol–water partition coefficient (Wildman–Crippen LogP) is 5.50. The molecule has 0 atom stereocenters. The van der Waals surface area contributed by atoms with E-state index in [1.54, 1.807) is 43.3 Å². The highest BCUT2D eigenvalue weighted by molar-refractivity contribution is 7.90. The second kappa shape index (κ2) is 8.11. The van der Waals surface area contributed by atoms with Crippen LogP contribution in [-0.4, -0.2) is 30.5 Å². The molecule has 0 aliphatic carbocycles. The van der Waals surface area contributed by atoms with E-state index in [1.165, 1.54) is 11.1 Å². The SMILES string of the molecule is COC(=O)c1nc(C)c2c3ccccc3n(S(=O)(=O)c3ccc(C)cc3)c2c1-c1ccccc1. The summed E-state index contributed by atoms with van der Waals surface area (Å²) in [5.74, 6) is -0.631. The van der Waals surface area contributed by atoms with Gasteiger partial charge in [-0.15, -0.1) is 0 Å². The number of pyridine rings is 1. The minimum Gasteiger partial charge on any atom is -0.464 e. The summed E-state index contributed by atoms with van der Waals surface area (Å²) in [6, 6.07) is 23.2. The Kier molecular flexibility index (Phi) is 5.21. The van der Waals surface area contributed by atoms with Crippen LogP contribution in [0.1, 0.15) is 21.7 Å². The van der Waals surface area contributed by atoms with Gasteiger partial charge in [0.25, 0.3) is 10.0 Å². The number of aryl methyl sites for hydroxylation is 2. The number of hydrogen-bond donors (Lipinski definition) is 0. The number of benzene rings is 3. The van der Waals surface area contributed by atoms with Gasteiger partial charge in [-0.05, 0) is 37.6 Å². The van der Waals surface area contributed by atoms with Crippen LogP contribution in [0.3, 0.4) is 0 Å². The van der Waals surface area contributed by atoms with Crippen LogP contribution in [0.15, 0.2) is 83.8 Å². The average molecular weight is 471 g/mol. The molecule has 2 heterocycles. The smallest absolute Gasteiger partial charge is 0.357 e. The molecule has 5 aromatic rings. The van der Waals surface area contributed by atoms with E-state index < -0.39 is 16.0 Å². The van der Waals surface area contributed by atoms with Crippen LogP contribution in [0.5, 0.6) is 0 Å². The zero-order chi connectivity index (χ0) is 24.0. The summed E-state index contributed by atoms with van der Waals surface area (Å²) >= 11 is 0. The third-order valence-corrected chi connectivity index (χ3v) is 7.68. The van der Waals surface area contributed by atoms with Crippen molar-refractivity contribution in [1.29, 1.82) is 0 Å². The molecule has 0 unspecified atom stereocenters. The third kappa shape index (κ3) is 3.28. The summed E-state index contributed by atoms with van der Waals surface area (Å²) in [4.78, 5) is 17.6. The van der Waals surface area contributed by atoms with E-state index in [1.807, 2.05) is 49.4 Å². The van der Waals surface area contributed by atoms with E-state index in [4.69, 9.17) is 4.74 Å². The molecule has 34 heavy (non-hydrogen) atoms. The van der Waals surface area contributed by atoms with Gasteiger partial charge in [0, 0.05) is 22.0 Å². The zero-order valence-electron chi connectivity index (χ0n) is 18.9. The first-order valence-electron chi connectivity index (χ1n) is 10.7. The fourth-order valence-electron chi connectivity index (χ4n) is 4.38. The second-order valence-electron chi connectivity index (χ2n) is 8.10. The number of fused-ring (bicyclic) bond motifs is 3. The standard InChI is InChI=1S/C27H22N2O4S/c1-17-13-15-20(16-14-17)34(31,32)29-22-12-8-7-11-21(22)23-18(2)28-25(27(30)33-3)24(26(23)29)19-9-5-4-6-10-19/h4-16H,1-3H3. The molecule has 0 amide bonds. The molecule has 0 saturated carbocycles. The van der Waals surface area contributed by atoms with E-state index in [-0.39, 0.29) is 10.6 Å². The van der Waals surface area contributed by atoms with Gasteiger partial charge in [0.2, 0.25) is 0 Å². The lowest BCUT2D eigenvalue weighted by atomic mass is 9.99. The van der Waals surface area contributed by atoms with Crippen LogP contribution in [-0.2, 0) is 14.8 Å². The van der Waals surface area contributed by atoms with Crippen molar-refractivity contribution in [3.63, 3.8) is 0 Å². The molecule has 5 rings (SSSR count). The molecule has 0 bridgehead atoms. The molecule has 0 radical (unpaired) electrons. The van der Waals surface area contributed by atoms with Crippen LogP contribution in [0.2, 0.25) is 0 Å². The highest BCUT2D eigenvalue weighted by Gasteiger charge is 2.30. The van der Waals surface area contributed by atoms with Gasteiger partial charge in [0.15, 0.2) is 5.69 Å². The van der Waals surface area contributed by atoms with Crippen molar-refractivity contribution in [3.05, 3.63) is 95.8 Å². The van der Waals surface area contributed by atoms with Gasteiger partial charge in [0.1, 0.15) is 0 Å². The highest BCUT2D eigenvalue weighted by atomic mass is 32.2. The van der Waals surface area contributed by atoms with Gasteiger partial charge >= 0.3 is 5.97 Å². The molecule has 0 N–H and O–H groups in total. The molecule has 0 saturated heterocycles. The molecule has 0 aliphatic rings. The second-order valence-corrected chi connectivity index (χ2v) is 9.89. The van der Waals surface area contributed by atoms with Crippen LogP contribution in [0.25, 0.3) is 32.9 Å². The van der Waals surface area contributed by atoms with Gasteiger partial charge in [-0.1, -0.05) is 66.2 Å². The number of ether oxygens (including phenoxy) is 1. The number of rotatable bonds is 4. The van der Waals surface area contributed by atoms with Gasteiger partial charge in [-0.25, -0.2) is 22.2 Å². The fourth-order valence-corrected chi connectivity index (χ4v) is 5.92. The number of esters is 1. The monoisotopic (exact) mass is 470 g/mol. The molecule has 3 aromatic carbocycles. The quantitative estimate of drug-likeness (QED) is 0.324. The first kappa shape index (κ1) is 21.9. The van der Waals surface area contributed by atoms with E-state index in [0.29, 0.717) is 33.2 Å². The Hall–Kier alpha value is -3.97. The summed E-state index contributed by atoms with van der Waals surface area (Å²) in [6.45, 7) is 3.68. The maximum atomic E-state index is 14.1. The Morgan fingerprint density at radius 1 is 0.882 bits per heavy atom. The lowest BCUT2D eigenvalue weighted by Crippen LogP contribution is -2.15. The maximum Gasteiger partial charge on any atom is 0.357 e. The Morgan fingerprint density at radius 3 is 2.21 bits per heavy atom. The van der Waals surface area contributed by atoms with E-state index in [2.05, 4.69) is 4.98 Å². The number of carbonyl (C=O) groups is 1.